The van der Waals surface area contributed by atoms with Crippen LogP contribution < -0.4 is 10.6 Å². The zero-order valence-corrected chi connectivity index (χ0v) is 16.8. The lowest BCUT2D eigenvalue weighted by molar-refractivity contribution is -0.137. The van der Waals surface area contributed by atoms with E-state index >= 15 is 0 Å². The summed E-state index contributed by atoms with van der Waals surface area (Å²) < 4.78 is 38.2. The second kappa shape index (κ2) is 10.6. The molecule has 0 aliphatic carbocycles. The van der Waals surface area contributed by atoms with Crippen molar-refractivity contribution in [3.05, 3.63) is 77.5 Å². The standard InChI is InChI=1S/C21H20F3N3O2S/c1-14(26-13-30)20(29)27-18-7-5-16(6-8-18)12-19(28)25-10-9-15-3-2-4-17(11-15)21(22,23)24/h2-8,11,13H,1,9-10,12H2,(H,25,28)(H,26,30)(H,27,29). The largest absolute Gasteiger partial charge is 0.416 e. The van der Waals surface area contributed by atoms with Crippen molar-refractivity contribution in [1.29, 1.82) is 0 Å². The Balaban J connectivity index is 1.81. The van der Waals surface area contributed by atoms with Gasteiger partial charge in [0, 0.05) is 12.2 Å². The minimum absolute atomic E-state index is 0.00854. The van der Waals surface area contributed by atoms with Crippen molar-refractivity contribution in [1.82, 2.24) is 5.32 Å². The Morgan fingerprint density at radius 1 is 1.10 bits per heavy atom. The Morgan fingerprint density at radius 3 is 2.43 bits per heavy atom. The molecule has 0 saturated heterocycles. The third kappa shape index (κ3) is 7.40. The molecule has 0 bridgehead atoms. The first-order chi connectivity index (χ1) is 14.2. The molecule has 0 fully saturated rings. The van der Waals surface area contributed by atoms with Crippen molar-refractivity contribution < 1.29 is 22.8 Å². The van der Waals surface area contributed by atoms with Gasteiger partial charge in [-0.15, -0.1) is 12.6 Å². The molecule has 2 N–H and O–H groups in total. The Morgan fingerprint density at radius 2 is 1.80 bits per heavy atom. The molecule has 0 aliphatic rings. The highest BCUT2D eigenvalue weighted by molar-refractivity contribution is 7.94. The van der Waals surface area contributed by atoms with Crippen molar-refractivity contribution in [3.63, 3.8) is 0 Å². The number of nitrogens with one attached hydrogen (secondary N) is 2. The van der Waals surface area contributed by atoms with Gasteiger partial charge in [-0.25, -0.2) is 4.99 Å². The van der Waals surface area contributed by atoms with E-state index in [2.05, 4.69) is 34.8 Å². The molecule has 30 heavy (non-hydrogen) atoms. The van der Waals surface area contributed by atoms with E-state index < -0.39 is 17.6 Å². The molecule has 0 aromatic heterocycles. The lowest BCUT2D eigenvalue weighted by Crippen LogP contribution is -2.27. The van der Waals surface area contributed by atoms with Crippen LogP contribution in [0.4, 0.5) is 18.9 Å². The zero-order chi connectivity index (χ0) is 22.1. The molecule has 0 spiro atoms. The van der Waals surface area contributed by atoms with Gasteiger partial charge in [-0.1, -0.05) is 36.9 Å². The van der Waals surface area contributed by atoms with Crippen LogP contribution in [-0.4, -0.2) is 23.9 Å². The molecule has 2 aromatic carbocycles. The van der Waals surface area contributed by atoms with Gasteiger partial charge in [0.25, 0.3) is 5.91 Å². The number of benzene rings is 2. The van der Waals surface area contributed by atoms with E-state index in [4.69, 9.17) is 0 Å². The molecule has 2 aromatic rings. The second-order valence-corrected chi connectivity index (χ2v) is 6.55. The number of carbonyl (C=O) groups excluding carboxylic acids is 2. The van der Waals surface area contributed by atoms with Crippen molar-refractivity contribution in [2.75, 3.05) is 11.9 Å². The molecule has 5 nitrogen and oxygen atoms in total. The third-order valence-corrected chi connectivity index (χ3v) is 4.16. The predicted octanol–water partition coefficient (Wildman–Crippen LogP) is 4.02. The quantitative estimate of drug-likeness (QED) is 0.254. The van der Waals surface area contributed by atoms with E-state index in [1.165, 1.54) is 6.07 Å². The first-order valence-electron chi connectivity index (χ1n) is 8.88. The van der Waals surface area contributed by atoms with E-state index in [9.17, 15) is 22.8 Å². The Bertz CT molecular complexity index is 941. The summed E-state index contributed by atoms with van der Waals surface area (Å²) in [7, 11) is 0. The van der Waals surface area contributed by atoms with Crippen LogP contribution in [0.25, 0.3) is 0 Å². The fraction of sp³-hybridized carbons (Fsp3) is 0.190. The Kier molecular flexibility index (Phi) is 8.23. The van der Waals surface area contributed by atoms with Crippen LogP contribution in [0.1, 0.15) is 16.7 Å². The molecular formula is C21H20F3N3O2S. The number of anilines is 1. The van der Waals surface area contributed by atoms with E-state index in [1.807, 2.05) is 0 Å². The molecule has 2 amide bonds. The van der Waals surface area contributed by atoms with Crippen LogP contribution in [0, 0.1) is 0 Å². The normalized spacial score (nSPS) is 11.3. The summed E-state index contributed by atoms with van der Waals surface area (Å²) in [6.07, 6.45) is -4.00. The summed E-state index contributed by atoms with van der Waals surface area (Å²) in [5.41, 5.74) is 2.19. The van der Waals surface area contributed by atoms with Crippen molar-refractivity contribution in [2.24, 2.45) is 4.99 Å². The van der Waals surface area contributed by atoms with Gasteiger partial charge >= 0.3 is 6.18 Å². The van der Waals surface area contributed by atoms with E-state index in [1.54, 1.807) is 30.3 Å². The molecule has 9 heteroatoms. The van der Waals surface area contributed by atoms with E-state index in [0.717, 1.165) is 23.2 Å². The summed E-state index contributed by atoms with van der Waals surface area (Å²) in [6.45, 7) is 3.72. The van der Waals surface area contributed by atoms with Gasteiger partial charge in [0.2, 0.25) is 5.91 Å². The van der Waals surface area contributed by atoms with E-state index in [0.29, 0.717) is 17.7 Å². The average Bonchev–Trinajstić information content (AvgIpc) is 2.69. The van der Waals surface area contributed by atoms with E-state index in [-0.39, 0.29) is 24.6 Å². The van der Waals surface area contributed by atoms with Crippen molar-refractivity contribution in [3.8, 4) is 0 Å². The predicted molar refractivity (Wildman–Crippen MR) is 114 cm³/mol. The number of carbonyl (C=O) groups is 2. The molecule has 0 radical (unpaired) electrons. The number of hydrogen-bond donors (Lipinski definition) is 3. The summed E-state index contributed by atoms with van der Waals surface area (Å²) in [4.78, 5) is 27.5. The average molecular weight is 435 g/mol. The van der Waals surface area contributed by atoms with Crippen molar-refractivity contribution in [2.45, 2.75) is 19.0 Å². The molecule has 0 aliphatic heterocycles. The van der Waals surface area contributed by atoms with Gasteiger partial charge < -0.3 is 10.6 Å². The number of rotatable bonds is 8. The minimum atomic E-state index is -4.39. The maximum atomic E-state index is 12.7. The van der Waals surface area contributed by atoms with Crippen LogP contribution >= 0.6 is 12.6 Å². The first kappa shape index (κ1) is 23.2. The number of alkyl halides is 3. The zero-order valence-electron chi connectivity index (χ0n) is 15.9. The third-order valence-electron chi connectivity index (χ3n) is 4.04. The number of hydrogen-bond acceptors (Lipinski definition) is 3. The number of halogens is 3. The van der Waals surface area contributed by atoms with Crippen LogP contribution in [0.2, 0.25) is 0 Å². The SMILES string of the molecule is C=C(/N=C\S)C(=O)Nc1ccc(CC(=O)NCCc2cccc(C(F)(F)F)c2)cc1. The lowest BCUT2D eigenvalue weighted by atomic mass is 10.1. The van der Waals surface area contributed by atoms with Gasteiger partial charge in [-0.2, -0.15) is 13.2 Å². The minimum Gasteiger partial charge on any atom is -0.355 e. The van der Waals surface area contributed by atoms with Crippen molar-refractivity contribution >= 4 is 35.7 Å². The van der Waals surface area contributed by atoms with Gasteiger partial charge in [0.05, 0.1) is 17.5 Å². The fourth-order valence-corrected chi connectivity index (χ4v) is 2.67. The molecule has 0 saturated carbocycles. The van der Waals surface area contributed by atoms with Crippen LogP contribution in [-0.2, 0) is 28.6 Å². The Labute approximate surface area is 177 Å². The van der Waals surface area contributed by atoms with Gasteiger partial charge in [-0.05, 0) is 35.7 Å². The monoisotopic (exact) mass is 435 g/mol. The second-order valence-electron chi connectivity index (χ2n) is 6.32. The van der Waals surface area contributed by atoms with Crippen LogP contribution in [0.3, 0.4) is 0 Å². The van der Waals surface area contributed by atoms with Crippen LogP contribution in [0.5, 0.6) is 0 Å². The summed E-state index contributed by atoms with van der Waals surface area (Å²) in [5.74, 6) is -0.726. The number of thiol groups is 1. The molecule has 2 rings (SSSR count). The molecule has 0 atom stereocenters. The fourth-order valence-electron chi connectivity index (χ4n) is 2.53. The summed E-state index contributed by atoms with van der Waals surface area (Å²) >= 11 is 3.77. The van der Waals surface area contributed by atoms with Gasteiger partial charge in [-0.3, -0.25) is 9.59 Å². The number of nitrogens with zero attached hydrogens (tertiary/aromatic N) is 1. The highest BCUT2D eigenvalue weighted by atomic mass is 32.1. The maximum Gasteiger partial charge on any atom is 0.416 e. The highest BCUT2D eigenvalue weighted by Gasteiger charge is 2.30. The molecule has 0 heterocycles. The summed E-state index contributed by atoms with van der Waals surface area (Å²) in [5, 5.41) is 5.30. The molecule has 158 valence electrons. The summed E-state index contributed by atoms with van der Waals surface area (Å²) in [6, 6.07) is 11.7. The van der Waals surface area contributed by atoms with Crippen LogP contribution in [0.15, 0.2) is 65.8 Å². The highest BCUT2D eigenvalue weighted by Crippen LogP contribution is 2.29. The smallest absolute Gasteiger partial charge is 0.355 e. The Hall–Kier alpha value is -3.07. The number of aliphatic imine (C=N–C) groups is 1. The molecular weight excluding hydrogens is 415 g/mol. The maximum absolute atomic E-state index is 12.7. The number of amides is 2. The first-order valence-corrected chi connectivity index (χ1v) is 9.39. The van der Waals surface area contributed by atoms with Gasteiger partial charge in [0.1, 0.15) is 5.70 Å². The van der Waals surface area contributed by atoms with Gasteiger partial charge in [0.15, 0.2) is 0 Å². The topological polar surface area (TPSA) is 70.6 Å². The molecule has 0 unspecified atom stereocenters. The lowest BCUT2D eigenvalue weighted by Gasteiger charge is -2.10.